The average Bonchev–Trinajstić information content (AvgIpc) is 3.04. The van der Waals surface area contributed by atoms with Crippen LogP contribution in [0.4, 0.5) is 13.6 Å². The van der Waals surface area contributed by atoms with Crippen molar-refractivity contribution in [1.82, 2.24) is 14.3 Å². The molecule has 0 bridgehead atoms. The molecular weight excluding hydrogens is 468 g/mol. The van der Waals surface area contributed by atoms with Crippen LogP contribution in [-0.2, 0) is 26.3 Å². The first kappa shape index (κ1) is 23.3. The molecule has 2 N–H and O–H groups in total. The van der Waals surface area contributed by atoms with E-state index in [2.05, 4.69) is 4.98 Å². The molecule has 1 aromatic carbocycles. The lowest BCUT2D eigenvalue weighted by Gasteiger charge is -2.12. The lowest BCUT2D eigenvalue weighted by atomic mass is 10.1. The Kier molecular flexibility index (Phi) is 6.32. The van der Waals surface area contributed by atoms with Gasteiger partial charge in [0.05, 0.1) is 15.4 Å². The second-order valence-electron chi connectivity index (χ2n) is 6.69. The van der Waals surface area contributed by atoms with Gasteiger partial charge in [-0.05, 0) is 36.8 Å². The molecule has 3 rings (SSSR count). The molecule has 0 radical (unpaired) electrons. The highest BCUT2D eigenvalue weighted by molar-refractivity contribution is 7.91. The summed E-state index contributed by atoms with van der Waals surface area (Å²) in [6, 6.07) is 6.88. The van der Waals surface area contributed by atoms with Crippen LogP contribution in [0, 0.1) is 11.8 Å². The zero-order chi connectivity index (χ0) is 23.7. The Bertz CT molecular complexity index is 1400. The number of aromatic nitrogens is 2. The van der Waals surface area contributed by atoms with E-state index in [1.165, 1.54) is 18.2 Å². The minimum Gasteiger partial charge on any atom is -0.465 e. The molecule has 0 fully saturated rings. The number of amides is 1. The first-order chi connectivity index (χ1) is 14.9. The molecule has 0 aliphatic heterocycles. The normalized spacial score (nSPS) is 12.0. The van der Waals surface area contributed by atoms with Crippen molar-refractivity contribution in [1.29, 1.82) is 0 Å². The van der Waals surface area contributed by atoms with Crippen LogP contribution in [0.3, 0.4) is 0 Å². The molecule has 13 heteroatoms. The van der Waals surface area contributed by atoms with Crippen LogP contribution in [0.5, 0.6) is 0 Å². The molecule has 0 aliphatic carbocycles. The van der Waals surface area contributed by atoms with Crippen LogP contribution in [0.25, 0.3) is 11.3 Å². The summed E-state index contributed by atoms with van der Waals surface area (Å²) in [5, 5.41) is 10.7. The molecule has 0 saturated carbocycles. The van der Waals surface area contributed by atoms with Crippen molar-refractivity contribution < 1.29 is 35.5 Å². The van der Waals surface area contributed by atoms with Crippen molar-refractivity contribution in [3.05, 3.63) is 66.1 Å². The Morgan fingerprint density at radius 2 is 1.81 bits per heavy atom. The topological polar surface area (TPSA) is 135 Å². The molecule has 9 nitrogen and oxygen atoms in total. The van der Waals surface area contributed by atoms with Crippen LogP contribution in [0.2, 0.25) is 0 Å². The molecule has 3 aromatic rings. The van der Waals surface area contributed by atoms with Gasteiger partial charge < -0.3 is 10.4 Å². The van der Waals surface area contributed by atoms with E-state index in [1.54, 1.807) is 0 Å². The number of pyridine rings is 1. The lowest BCUT2D eigenvalue weighted by molar-refractivity contribution is 0.194. The number of nitrogens with one attached hydrogen (secondary N) is 1. The molecule has 1 amide bonds. The van der Waals surface area contributed by atoms with Crippen molar-refractivity contribution in [2.24, 2.45) is 0 Å². The summed E-state index contributed by atoms with van der Waals surface area (Å²) in [5.41, 5.74) is -1.28. The van der Waals surface area contributed by atoms with Crippen LogP contribution < -0.4 is 5.32 Å². The highest BCUT2D eigenvalue weighted by Gasteiger charge is 2.29. The maximum absolute atomic E-state index is 15.2. The third-order valence-corrected chi connectivity index (χ3v) is 7.22. The number of hydrogen-bond acceptors (Lipinski definition) is 6. The molecule has 0 atom stereocenters. The predicted molar refractivity (Wildman–Crippen MR) is 109 cm³/mol. The van der Waals surface area contributed by atoms with Gasteiger partial charge in [-0.25, -0.2) is 35.0 Å². The summed E-state index contributed by atoms with van der Waals surface area (Å²) in [6.45, 7) is -0.227. The van der Waals surface area contributed by atoms with Gasteiger partial charge in [-0.2, -0.15) is 4.39 Å². The second kappa shape index (κ2) is 8.67. The van der Waals surface area contributed by atoms with E-state index >= 15 is 4.39 Å². The van der Waals surface area contributed by atoms with Crippen molar-refractivity contribution >= 4 is 26.0 Å². The monoisotopic (exact) mass is 485 g/mol. The number of benzene rings is 1. The number of carbonyl (C=O) groups is 1. The van der Waals surface area contributed by atoms with Crippen molar-refractivity contribution in [2.45, 2.75) is 16.2 Å². The Labute approximate surface area is 182 Å². The minimum absolute atomic E-state index is 0.195. The molecule has 0 spiro atoms. The van der Waals surface area contributed by atoms with Gasteiger partial charge in [0.25, 0.3) is 10.0 Å². The maximum atomic E-state index is 15.2. The van der Waals surface area contributed by atoms with E-state index in [-0.39, 0.29) is 23.4 Å². The fourth-order valence-electron chi connectivity index (χ4n) is 2.96. The van der Waals surface area contributed by atoms with Crippen LogP contribution in [-0.4, -0.2) is 49.8 Å². The third-order valence-electron chi connectivity index (χ3n) is 4.46. The lowest BCUT2D eigenvalue weighted by Crippen LogP contribution is -2.23. The summed E-state index contributed by atoms with van der Waals surface area (Å²) in [5.74, 6) is -2.20. The van der Waals surface area contributed by atoms with Crippen LogP contribution in [0.1, 0.15) is 5.56 Å². The highest BCUT2D eigenvalue weighted by Crippen LogP contribution is 2.32. The van der Waals surface area contributed by atoms with E-state index in [0.29, 0.717) is 3.97 Å². The van der Waals surface area contributed by atoms with E-state index in [9.17, 15) is 26.0 Å². The van der Waals surface area contributed by atoms with Gasteiger partial charge in [-0.1, -0.05) is 6.07 Å². The number of halogens is 2. The van der Waals surface area contributed by atoms with Crippen LogP contribution >= 0.6 is 0 Å². The van der Waals surface area contributed by atoms with Gasteiger partial charge >= 0.3 is 6.09 Å². The maximum Gasteiger partial charge on any atom is 0.404 e. The first-order valence-corrected chi connectivity index (χ1v) is 12.3. The zero-order valence-corrected chi connectivity index (χ0v) is 18.1. The minimum atomic E-state index is -4.58. The summed E-state index contributed by atoms with van der Waals surface area (Å²) in [4.78, 5) is 13.3. The van der Waals surface area contributed by atoms with Gasteiger partial charge in [0, 0.05) is 30.8 Å². The molecular formula is C19H17F2N3O6S2. The number of rotatable bonds is 7. The van der Waals surface area contributed by atoms with Crippen molar-refractivity contribution in [3.63, 3.8) is 0 Å². The number of hydrogen-bond donors (Lipinski definition) is 2. The second-order valence-corrected chi connectivity index (χ2v) is 10.5. The summed E-state index contributed by atoms with van der Waals surface area (Å²) >= 11 is 0. The van der Waals surface area contributed by atoms with E-state index in [4.69, 9.17) is 5.11 Å². The predicted octanol–water partition coefficient (Wildman–Crippen LogP) is 2.28. The molecule has 170 valence electrons. The fourth-order valence-corrected chi connectivity index (χ4v) is 5.14. The first-order valence-electron chi connectivity index (χ1n) is 8.96. The van der Waals surface area contributed by atoms with Gasteiger partial charge in [0.1, 0.15) is 5.69 Å². The smallest absolute Gasteiger partial charge is 0.404 e. The zero-order valence-electron chi connectivity index (χ0n) is 16.5. The Balaban J connectivity index is 2.22. The number of sulfone groups is 1. The van der Waals surface area contributed by atoms with Crippen molar-refractivity contribution in [3.8, 4) is 11.3 Å². The molecule has 32 heavy (non-hydrogen) atoms. The largest absolute Gasteiger partial charge is 0.465 e. The molecule has 0 unspecified atom stereocenters. The van der Waals surface area contributed by atoms with Crippen LogP contribution in [0.15, 0.2) is 58.6 Å². The Hall–Kier alpha value is -3.32. The summed E-state index contributed by atoms with van der Waals surface area (Å²) in [7, 11) is -8.32. The van der Waals surface area contributed by atoms with E-state index < -0.39 is 53.9 Å². The van der Waals surface area contributed by atoms with Gasteiger partial charge in [-0.15, -0.1) is 0 Å². The van der Waals surface area contributed by atoms with Crippen molar-refractivity contribution in [2.75, 3.05) is 12.8 Å². The molecule has 2 heterocycles. The summed E-state index contributed by atoms with van der Waals surface area (Å²) < 4.78 is 80.4. The third kappa shape index (κ3) is 4.62. The van der Waals surface area contributed by atoms with Gasteiger partial charge in [0.2, 0.25) is 5.95 Å². The summed E-state index contributed by atoms with van der Waals surface area (Å²) in [6.07, 6.45) is 1.33. The Morgan fingerprint density at radius 3 is 2.44 bits per heavy atom. The number of carboxylic acid groups (broad SMARTS) is 1. The molecule has 2 aromatic heterocycles. The quantitative estimate of drug-likeness (QED) is 0.490. The average molecular weight is 485 g/mol. The highest BCUT2D eigenvalue weighted by atomic mass is 32.2. The standard InChI is InChI=1S/C19H17F2N3O6S2/c1-31(27,28)13-4-2-5-14(10-13)32(29,30)24-11-12(7-9-23-19(25)26)16(20)17(24)15-6-3-8-22-18(15)21/h2-6,8,10-11,23H,7,9H2,1H3,(H,25,26). The Morgan fingerprint density at radius 1 is 1.12 bits per heavy atom. The number of nitrogens with zero attached hydrogens (tertiary/aromatic N) is 2. The SMILES string of the molecule is CS(=O)(=O)c1cccc(S(=O)(=O)n2cc(CCNC(=O)O)c(F)c2-c2cccnc2F)c1. The molecule has 0 saturated heterocycles. The van der Waals surface area contributed by atoms with Gasteiger partial charge in [0.15, 0.2) is 15.7 Å². The van der Waals surface area contributed by atoms with E-state index in [1.807, 2.05) is 5.32 Å². The fraction of sp³-hybridized carbons (Fsp3) is 0.158. The van der Waals surface area contributed by atoms with E-state index in [0.717, 1.165) is 36.8 Å². The molecule has 0 aliphatic rings. The van der Waals surface area contributed by atoms with Gasteiger partial charge in [-0.3, -0.25) is 0 Å².